The summed E-state index contributed by atoms with van der Waals surface area (Å²) in [6, 6.07) is 0. The Balaban J connectivity index is 3.50. The quantitative estimate of drug-likeness (QED) is 0.467. The molecule has 0 atom stereocenters. The van der Waals surface area contributed by atoms with Gasteiger partial charge in [-0.15, -0.1) is 24.8 Å². The lowest BCUT2D eigenvalue weighted by molar-refractivity contribution is -0.274. The monoisotopic (exact) mass is 333 g/mol. The highest BCUT2D eigenvalue weighted by molar-refractivity contribution is 6.17. The third-order valence-corrected chi connectivity index (χ3v) is 2.47. The van der Waals surface area contributed by atoms with Crippen molar-refractivity contribution in [3.63, 3.8) is 0 Å². The van der Waals surface area contributed by atoms with E-state index in [4.69, 9.17) is 11.6 Å². The minimum Gasteiger partial charge on any atom is -0.462 e. The van der Waals surface area contributed by atoms with Gasteiger partial charge < -0.3 is 9.47 Å². The highest BCUT2D eigenvalue weighted by Gasteiger charge is 2.36. The van der Waals surface area contributed by atoms with Gasteiger partial charge in [0.1, 0.15) is 5.56 Å². The van der Waals surface area contributed by atoms with E-state index in [2.05, 4.69) is 14.5 Å². The summed E-state index contributed by atoms with van der Waals surface area (Å²) < 4.78 is 70.9. The Morgan fingerprint density at radius 1 is 1.43 bits per heavy atom. The highest BCUT2D eigenvalue weighted by atomic mass is 35.5. The van der Waals surface area contributed by atoms with Crippen molar-refractivity contribution >= 4 is 17.6 Å². The Bertz CT molecular complexity index is 521. The Labute approximate surface area is 120 Å². The van der Waals surface area contributed by atoms with E-state index in [1.165, 1.54) is 6.92 Å². The largest absolute Gasteiger partial charge is 0.573 e. The summed E-state index contributed by atoms with van der Waals surface area (Å²) in [5.41, 5.74) is -2.50. The molecule has 0 saturated heterocycles. The van der Waals surface area contributed by atoms with Gasteiger partial charge in [0.05, 0.1) is 29.9 Å². The second-order valence-corrected chi connectivity index (χ2v) is 3.83. The molecule has 0 N–H and O–H groups in total. The molecule has 0 aliphatic heterocycles. The van der Waals surface area contributed by atoms with Crippen molar-refractivity contribution < 1.29 is 36.2 Å². The van der Waals surface area contributed by atoms with Crippen LogP contribution in [-0.4, -0.2) is 23.9 Å². The second-order valence-electron chi connectivity index (χ2n) is 3.56. The summed E-state index contributed by atoms with van der Waals surface area (Å²) in [6.45, 7) is 1.15. The molecular weight excluding hydrogens is 325 g/mol. The van der Waals surface area contributed by atoms with Crippen molar-refractivity contribution in [2.75, 3.05) is 6.61 Å². The molecule has 4 nitrogen and oxygen atoms in total. The van der Waals surface area contributed by atoms with Crippen molar-refractivity contribution in [1.29, 1.82) is 0 Å². The Morgan fingerprint density at radius 2 is 2.05 bits per heavy atom. The SMILES string of the molecule is CCOC(=O)c1c(OC(F)(F)F)cnc(CCl)c1C(F)F. The van der Waals surface area contributed by atoms with Crippen LogP contribution >= 0.6 is 11.6 Å². The van der Waals surface area contributed by atoms with Crippen LogP contribution in [0.25, 0.3) is 0 Å². The van der Waals surface area contributed by atoms with Gasteiger partial charge in [0, 0.05) is 0 Å². The van der Waals surface area contributed by atoms with Gasteiger partial charge in [0.15, 0.2) is 5.75 Å². The highest BCUT2D eigenvalue weighted by Crippen LogP contribution is 2.35. The summed E-state index contributed by atoms with van der Waals surface area (Å²) in [5.74, 6) is -3.05. The average Bonchev–Trinajstić information content (AvgIpc) is 2.36. The predicted octanol–water partition coefficient (Wildman–Crippen LogP) is 3.83. The van der Waals surface area contributed by atoms with Crippen LogP contribution in [0.5, 0.6) is 5.75 Å². The van der Waals surface area contributed by atoms with Crippen LogP contribution in [0.4, 0.5) is 22.0 Å². The Kier molecular flexibility index (Phi) is 5.70. The topological polar surface area (TPSA) is 48.4 Å². The Hall–Kier alpha value is -1.64. The molecule has 118 valence electrons. The van der Waals surface area contributed by atoms with Gasteiger partial charge in [-0.2, -0.15) is 0 Å². The maximum absolute atomic E-state index is 13.0. The van der Waals surface area contributed by atoms with Crippen LogP contribution in [-0.2, 0) is 10.6 Å². The zero-order valence-electron chi connectivity index (χ0n) is 10.5. The number of aromatic nitrogens is 1. The van der Waals surface area contributed by atoms with Crippen molar-refractivity contribution in [2.45, 2.75) is 25.6 Å². The molecule has 0 unspecified atom stereocenters. The molecule has 0 aliphatic carbocycles. The molecule has 1 aromatic heterocycles. The van der Waals surface area contributed by atoms with E-state index in [0.29, 0.717) is 6.20 Å². The maximum Gasteiger partial charge on any atom is 0.573 e. The van der Waals surface area contributed by atoms with Crippen LogP contribution in [0.2, 0.25) is 0 Å². The first-order valence-electron chi connectivity index (χ1n) is 5.50. The van der Waals surface area contributed by atoms with E-state index < -0.39 is 47.2 Å². The summed E-state index contributed by atoms with van der Waals surface area (Å²) in [6.07, 6.45) is -7.95. The number of halogens is 6. The molecule has 0 aliphatic rings. The van der Waals surface area contributed by atoms with Crippen LogP contribution < -0.4 is 4.74 Å². The number of pyridine rings is 1. The number of hydrogen-bond acceptors (Lipinski definition) is 4. The molecule has 0 radical (unpaired) electrons. The van der Waals surface area contributed by atoms with Crippen molar-refractivity contribution in [3.05, 3.63) is 23.0 Å². The van der Waals surface area contributed by atoms with Crippen molar-refractivity contribution in [1.82, 2.24) is 4.98 Å². The molecular formula is C11H9ClF5NO3. The molecule has 0 aromatic carbocycles. The van der Waals surface area contributed by atoms with Gasteiger partial charge >= 0.3 is 12.3 Å². The predicted molar refractivity (Wildman–Crippen MR) is 61.4 cm³/mol. The summed E-state index contributed by atoms with van der Waals surface area (Å²) in [5, 5.41) is 0. The molecule has 1 heterocycles. The van der Waals surface area contributed by atoms with Crippen LogP contribution in [0, 0.1) is 0 Å². The fraction of sp³-hybridized carbons (Fsp3) is 0.455. The fourth-order valence-electron chi connectivity index (χ4n) is 1.51. The summed E-state index contributed by atoms with van der Waals surface area (Å²) >= 11 is 5.40. The van der Waals surface area contributed by atoms with Crippen molar-refractivity contribution in [3.8, 4) is 5.75 Å². The third kappa shape index (κ3) is 4.42. The number of nitrogens with zero attached hydrogens (tertiary/aromatic N) is 1. The molecule has 0 saturated carbocycles. The van der Waals surface area contributed by atoms with Gasteiger partial charge in [-0.25, -0.2) is 13.6 Å². The smallest absolute Gasteiger partial charge is 0.462 e. The van der Waals surface area contributed by atoms with Gasteiger partial charge in [-0.05, 0) is 6.92 Å². The number of carbonyl (C=O) groups excluding carboxylic acids is 1. The van der Waals surface area contributed by atoms with Crippen LogP contribution in [0.15, 0.2) is 6.20 Å². The van der Waals surface area contributed by atoms with Gasteiger partial charge in [0.25, 0.3) is 6.43 Å². The number of carbonyl (C=O) groups is 1. The summed E-state index contributed by atoms with van der Waals surface area (Å²) in [7, 11) is 0. The molecule has 0 fully saturated rings. The van der Waals surface area contributed by atoms with Crippen LogP contribution in [0.3, 0.4) is 0 Å². The fourth-order valence-corrected chi connectivity index (χ4v) is 1.72. The number of ether oxygens (including phenoxy) is 2. The zero-order valence-corrected chi connectivity index (χ0v) is 11.3. The average molecular weight is 334 g/mol. The number of esters is 1. The molecule has 10 heteroatoms. The van der Waals surface area contributed by atoms with Crippen LogP contribution in [0.1, 0.15) is 35.0 Å². The second kappa shape index (κ2) is 6.88. The lowest BCUT2D eigenvalue weighted by Crippen LogP contribution is -2.21. The minimum absolute atomic E-state index is 0.217. The number of hydrogen-bond donors (Lipinski definition) is 0. The normalized spacial score (nSPS) is 11.6. The van der Waals surface area contributed by atoms with E-state index in [1.54, 1.807) is 0 Å². The first-order chi connectivity index (χ1) is 9.71. The maximum atomic E-state index is 13.0. The molecule has 0 amide bonds. The van der Waals surface area contributed by atoms with E-state index >= 15 is 0 Å². The zero-order chi connectivity index (χ0) is 16.2. The molecule has 21 heavy (non-hydrogen) atoms. The standard InChI is InChI=1S/C11H9ClF5NO3/c1-2-20-10(19)8-6(21-11(15,16)17)4-18-5(3-12)7(8)9(13)14/h4,9H,2-3H2,1H3. The first-order valence-corrected chi connectivity index (χ1v) is 6.03. The number of alkyl halides is 6. The third-order valence-electron chi connectivity index (χ3n) is 2.21. The minimum atomic E-state index is -5.18. The van der Waals surface area contributed by atoms with E-state index in [0.717, 1.165) is 0 Å². The lowest BCUT2D eigenvalue weighted by atomic mass is 10.1. The first kappa shape index (κ1) is 17.4. The van der Waals surface area contributed by atoms with E-state index in [9.17, 15) is 26.7 Å². The van der Waals surface area contributed by atoms with Gasteiger partial charge in [0.2, 0.25) is 0 Å². The molecule has 0 bridgehead atoms. The Morgan fingerprint density at radius 3 is 2.48 bits per heavy atom. The van der Waals surface area contributed by atoms with Gasteiger partial charge in [-0.3, -0.25) is 4.98 Å². The molecule has 1 aromatic rings. The van der Waals surface area contributed by atoms with E-state index in [1.807, 2.05) is 0 Å². The summed E-state index contributed by atoms with van der Waals surface area (Å²) in [4.78, 5) is 15.0. The lowest BCUT2D eigenvalue weighted by Gasteiger charge is -2.17. The number of rotatable bonds is 5. The molecule has 1 rings (SSSR count). The van der Waals surface area contributed by atoms with Crippen molar-refractivity contribution in [2.24, 2.45) is 0 Å². The van der Waals surface area contributed by atoms with Gasteiger partial charge in [-0.1, -0.05) is 0 Å². The molecule has 0 spiro atoms. The van der Waals surface area contributed by atoms with E-state index in [-0.39, 0.29) is 6.61 Å².